The number of nitrogens with one attached hydrogen (secondary N) is 1. The standard InChI is InChI=1S/C17H24N2O3/c1-12-7-6-10-19(11-12)15(14-8-4-3-5-9-14)16(20)18-13(2)17(21)22/h3-5,8-9,12-13,15H,6-7,10-11H2,1-2H3,(H,18,20)(H,21,22). The molecule has 2 rings (SSSR count). The number of benzene rings is 1. The van der Waals surface area contributed by atoms with E-state index in [2.05, 4.69) is 17.1 Å². The van der Waals surface area contributed by atoms with Crippen LogP contribution in [0.1, 0.15) is 38.3 Å². The summed E-state index contributed by atoms with van der Waals surface area (Å²) < 4.78 is 0. The zero-order valence-electron chi connectivity index (χ0n) is 13.2. The van der Waals surface area contributed by atoms with Crippen LogP contribution in [0, 0.1) is 5.92 Å². The fraction of sp³-hybridized carbons (Fsp3) is 0.529. The molecule has 1 fully saturated rings. The molecule has 0 bridgehead atoms. The number of nitrogens with zero attached hydrogens (tertiary/aromatic N) is 1. The van der Waals surface area contributed by atoms with Crippen LogP contribution in [0.4, 0.5) is 0 Å². The van der Waals surface area contributed by atoms with Crippen LogP contribution in [-0.4, -0.2) is 41.0 Å². The van der Waals surface area contributed by atoms with Crippen LogP contribution >= 0.6 is 0 Å². The minimum absolute atomic E-state index is 0.241. The number of aliphatic carboxylic acids is 1. The highest BCUT2D eigenvalue weighted by Crippen LogP contribution is 2.27. The zero-order chi connectivity index (χ0) is 16.1. The molecule has 22 heavy (non-hydrogen) atoms. The lowest BCUT2D eigenvalue weighted by Crippen LogP contribution is -2.48. The maximum absolute atomic E-state index is 12.6. The first-order valence-electron chi connectivity index (χ1n) is 7.81. The Balaban J connectivity index is 2.21. The van der Waals surface area contributed by atoms with Crippen LogP contribution in [0.5, 0.6) is 0 Å². The van der Waals surface area contributed by atoms with Gasteiger partial charge in [-0.1, -0.05) is 37.3 Å². The van der Waals surface area contributed by atoms with Crippen LogP contribution in [-0.2, 0) is 9.59 Å². The number of hydrogen-bond acceptors (Lipinski definition) is 3. The van der Waals surface area contributed by atoms with Gasteiger partial charge < -0.3 is 10.4 Å². The molecule has 3 atom stereocenters. The van der Waals surface area contributed by atoms with Gasteiger partial charge in [0.25, 0.3) is 0 Å². The Kier molecular flexibility index (Phi) is 5.55. The molecule has 3 unspecified atom stereocenters. The van der Waals surface area contributed by atoms with E-state index in [0.717, 1.165) is 25.1 Å². The molecule has 0 radical (unpaired) electrons. The molecule has 1 heterocycles. The summed E-state index contributed by atoms with van der Waals surface area (Å²) in [6.45, 7) is 5.39. The third-order valence-corrected chi connectivity index (χ3v) is 4.15. The number of piperidine rings is 1. The van der Waals surface area contributed by atoms with Gasteiger partial charge in [0.2, 0.25) is 5.91 Å². The van der Waals surface area contributed by atoms with Crippen LogP contribution < -0.4 is 5.32 Å². The second-order valence-electron chi connectivity index (χ2n) is 6.12. The zero-order valence-corrected chi connectivity index (χ0v) is 13.2. The molecule has 0 saturated carbocycles. The highest BCUT2D eigenvalue weighted by atomic mass is 16.4. The second-order valence-corrected chi connectivity index (χ2v) is 6.12. The summed E-state index contributed by atoms with van der Waals surface area (Å²) in [5.41, 5.74) is 0.909. The predicted molar refractivity (Wildman–Crippen MR) is 84.4 cm³/mol. The van der Waals surface area contributed by atoms with Crippen molar-refractivity contribution in [2.75, 3.05) is 13.1 Å². The smallest absolute Gasteiger partial charge is 0.325 e. The lowest BCUT2D eigenvalue weighted by molar-refractivity contribution is -0.142. The van der Waals surface area contributed by atoms with E-state index in [1.54, 1.807) is 0 Å². The Labute approximate surface area is 131 Å². The Morgan fingerprint density at radius 1 is 1.32 bits per heavy atom. The summed E-state index contributed by atoms with van der Waals surface area (Å²) in [4.78, 5) is 25.8. The molecule has 1 amide bonds. The van der Waals surface area contributed by atoms with Crippen molar-refractivity contribution >= 4 is 11.9 Å². The number of hydrogen-bond donors (Lipinski definition) is 2. The largest absolute Gasteiger partial charge is 0.480 e. The first-order chi connectivity index (χ1) is 10.5. The fourth-order valence-corrected chi connectivity index (χ4v) is 2.98. The highest BCUT2D eigenvalue weighted by Gasteiger charge is 2.31. The quantitative estimate of drug-likeness (QED) is 0.873. The molecule has 2 N–H and O–H groups in total. The maximum atomic E-state index is 12.6. The molecular weight excluding hydrogens is 280 g/mol. The summed E-state index contributed by atoms with van der Waals surface area (Å²) in [6, 6.07) is 8.26. The molecule has 5 nitrogen and oxygen atoms in total. The maximum Gasteiger partial charge on any atom is 0.325 e. The molecule has 120 valence electrons. The molecule has 0 aromatic heterocycles. The van der Waals surface area contributed by atoms with Crippen molar-refractivity contribution < 1.29 is 14.7 Å². The van der Waals surface area contributed by atoms with E-state index in [0.29, 0.717) is 5.92 Å². The number of carbonyl (C=O) groups is 2. The minimum Gasteiger partial charge on any atom is -0.480 e. The van der Waals surface area contributed by atoms with Gasteiger partial charge >= 0.3 is 5.97 Å². The third kappa shape index (κ3) is 4.07. The molecule has 0 spiro atoms. The Bertz CT molecular complexity index is 518. The molecule has 1 aromatic rings. The summed E-state index contributed by atoms with van der Waals surface area (Å²) in [6.07, 6.45) is 2.23. The van der Waals surface area contributed by atoms with E-state index < -0.39 is 18.1 Å². The van der Waals surface area contributed by atoms with Gasteiger partial charge in [-0.25, -0.2) is 0 Å². The van der Waals surface area contributed by atoms with E-state index in [-0.39, 0.29) is 5.91 Å². The van der Waals surface area contributed by atoms with Crippen LogP contribution in [0.2, 0.25) is 0 Å². The normalized spacial score (nSPS) is 21.8. The van der Waals surface area contributed by atoms with E-state index in [1.807, 2.05) is 30.3 Å². The van der Waals surface area contributed by atoms with Crippen molar-refractivity contribution in [2.45, 2.75) is 38.8 Å². The minimum atomic E-state index is -1.02. The lowest BCUT2D eigenvalue weighted by Gasteiger charge is -2.37. The van der Waals surface area contributed by atoms with Crippen molar-refractivity contribution in [1.82, 2.24) is 10.2 Å². The van der Waals surface area contributed by atoms with Crippen molar-refractivity contribution in [2.24, 2.45) is 5.92 Å². The highest BCUT2D eigenvalue weighted by molar-refractivity contribution is 5.87. The number of carboxylic acid groups (broad SMARTS) is 1. The number of rotatable bonds is 5. The van der Waals surface area contributed by atoms with Crippen molar-refractivity contribution in [3.63, 3.8) is 0 Å². The van der Waals surface area contributed by atoms with Crippen molar-refractivity contribution in [3.05, 3.63) is 35.9 Å². The topological polar surface area (TPSA) is 69.6 Å². The van der Waals surface area contributed by atoms with Crippen LogP contribution in [0.15, 0.2) is 30.3 Å². The van der Waals surface area contributed by atoms with Gasteiger partial charge in [0.15, 0.2) is 0 Å². The Morgan fingerprint density at radius 3 is 2.59 bits per heavy atom. The van der Waals surface area contributed by atoms with Gasteiger partial charge in [0.05, 0.1) is 0 Å². The van der Waals surface area contributed by atoms with E-state index in [9.17, 15) is 9.59 Å². The second kappa shape index (κ2) is 7.40. The molecular formula is C17H24N2O3. The average Bonchev–Trinajstić information content (AvgIpc) is 2.48. The van der Waals surface area contributed by atoms with Crippen LogP contribution in [0.3, 0.4) is 0 Å². The molecule has 0 aliphatic carbocycles. The number of likely N-dealkylation sites (tertiary alicyclic amines) is 1. The van der Waals surface area contributed by atoms with Gasteiger partial charge in [-0.15, -0.1) is 0 Å². The van der Waals surface area contributed by atoms with Gasteiger partial charge in [-0.3, -0.25) is 14.5 Å². The van der Waals surface area contributed by atoms with Gasteiger partial charge in [-0.2, -0.15) is 0 Å². The lowest BCUT2D eigenvalue weighted by atomic mass is 9.95. The third-order valence-electron chi connectivity index (χ3n) is 4.15. The number of carboxylic acids is 1. The van der Waals surface area contributed by atoms with Crippen molar-refractivity contribution in [1.29, 1.82) is 0 Å². The summed E-state index contributed by atoms with van der Waals surface area (Å²) in [5.74, 6) is -0.716. The Hall–Kier alpha value is -1.88. The monoisotopic (exact) mass is 304 g/mol. The van der Waals surface area contributed by atoms with Gasteiger partial charge in [0.1, 0.15) is 12.1 Å². The molecule has 1 aromatic carbocycles. The average molecular weight is 304 g/mol. The van der Waals surface area contributed by atoms with E-state index in [4.69, 9.17) is 5.11 Å². The summed E-state index contributed by atoms with van der Waals surface area (Å²) in [5, 5.41) is 11.6. The first-order valence-corrected chi connectivity index (χ1v) is 7.81. The molecule has 1 aliphatic heterocycles. The molecule has 1 saturated heterocycles. The SMILES string of the molecule is CC1CCCN(C(C(=O)NC(C)C(=O)O)c2ccccc2)C1. The van der Waals surface area contributed by atoms with Gasteiger partial charge in [0, 0.05) is 6.54 Å². The van der Waals surface area contributed by atoms with Crippen LogP contribution in [0.25, 0.3) is 0 Å². The molecule has 1 aliphatic rings. The fourth-order valence-electron chi connectivity index (χ4n) is 2.98. The summed E-state index contributed by atoms with van der Waals surface area (Å²) >= 11 is 0. The summed E-state index contributed by atoms with van der Waals surface area (Å²) in [7, 11) is 0. The van der Waals surface area contributed by atoms with Crippen molar-refractivity contribution in [3.8, 4) is 0 Å². The number of amides is 1. The predicted octanol–water partition coefficient (Wildman–Crippen LogP) is 2.05. The Morgan fingerprint density at radius 2 is 2.00 bits per heavy atom. The first kappa shape index (κ1) is 16.5. The van der Waals surface area contributed by atoms with E-state index in [1.165, 1.54) is 13.3 Å². The number of carbonyl (C=O) groups excluding carboxylic acids is 1. The van der Waals surface area contributed by atoms with E-state index >= 15 is 0 Å². The molecule has 5 heteroatoms. The van der Waals surface area contributed by atoms with Gasteiger partial charge in [-0.05, 0) is 37.8 Å².